The molecule has 0 saturated heterocycles. The van der Waals surface area contributed by atoms with Gasteiger partial charge in [-0.1, -0.05) is 0 Å². The number of aromatic nitrogens is 4. The molecular formula is C11H11N5S. The van der Waals surface area contributed by atoms with E-state index in [1.54, 1.807) is 17.7 Å². The highest BCUT2D eigenvalue weighted by Gasteiger charge is 2.10. The molecule has 3 heterocycles. The van der Waals surface area contributed by atoms with E-state index in [-0.39, 0.29) is 6.04 Å². The molecule has 3 rings (SSSR count). The highest BCUT2D eigenvalue weighted by atomic mass is 32.1. The Morgan fingerprint density at radius 3 is 3.18 bits per heavy atom. The van der Waals surface area contributed by atoms with Gasteiger partial charge in [-0.2, -0.15) is 5.10 Å². The van der Waals surface area contributed by atoms with Crippen molar-refractivity contribution in [2.24, 2.45) is 0 Å². The number of nitrogens with one attached hydrogen (secondary N) is 2. The minimum Gasteiger partial charge on any atom is -0.363 e. The second-order valence-electron chi connectivity index (χ2n) is 3.76. The predicted octanol–water partition coefficient (Wildman–Crippen LogP) is 2.59. The first kappa shape index (κ1) is 10.2. The molecule has 0 fully saturated rings. The third-order valence-corrected chi connectivity index (χ3v) is 3.46. The van der Waals surface area contributed by atoms with E-state index < -0.39 is 0 Å². The third-order valence-electron chi connectivity index (χ3n) is 2.63. The Hall–Kier alpha value is -1.95. The van der Waals surface area contributed by atoms with Crippen LogP contribution in [0.25, 0.3) is 10.2 Å². The number of rotatable bonds is 3. The van der Waals surface area contributed by atoms with Gasteiger partial charge in [0.25, 0.3) is 0 Å². The van der Waals surface area contributed by atoms with Crippen molar-refractivity contribution in [2.75, 3.05) is 5.32 Å². The van der Waals surface area contributed by atoms with E-state index in [1.165, 1.54) is 0 Å². The molecule has 3 aromatic heterocycles. The van der Waals surface area contributed by atoms with Gasteiger partial charge in [0, 0.05) is 11.8 Å². The average Bonchev–Trinajstić information content (AvgIpc) is 3.00. The lowest BCUT2D eigenvalue weighted by Gasteiger charge is -2.12. The Bertz CT molecular complexity index is 616. The van der Waals surface area contributed by atoms with E-state index in [9.17, 15) is 0 Å². The molecule has 1 atom stereocenters. The minimum atomic E-state index is 0.159. The zero-order valence-electron chi connectivity index (χ0n) is 9.21. The lowest BCUT2D eigenvalue weighted by Crippen LogP contribution is -2.07. The third kappa shape index (κ3) is 1.87. The molecule has 2 N–H and O–H groups in total. The summed E-state index contributed by atoms with van der Waals surface area (Å²) in [6, 6.07) is 2.19. The molecule has 0 amide bonds. The SMILES string of the molecule is CC(Nc1ncnc2sccc12)c1cn[nH]c1. The van der Waals surface area contributed by atoms with Crippen molar-refractivity contribution in [3.05, 3.63) is 35.7 Å². The van der Waals surface area contributed by atoms with Crippen LogP contribution in [-0.4, -0.2) is 20.2 Å². The maximum atomic E-state index is 4.28. The van der Waals surface area contributed by atoms with Gasteiger partial charge in [0.05, 0.1) is 17.6 Å². The first-order valence-electron chi connectivity index (χ1n) is 5.28. The molecule has 6 heteroatoms. The fourth-order valence-electron chi connectivity index (χ4n) is 1.69. The summed E-state index contributed by atoms with van der Waals surface area (Å²) in [4.78, 5) is 9.51. The van der Waals surface area contributed by atoms with E-state index in [2.05, 4.69) is 32.4 Å². The van der Waals surface area contributed by atoms with Gasteiger partial charge >= 0.3 is 0 Å². The van der Waals surface area contributed by atoms with E-state index >= 15 is 0 Å². The summed E-state index contributed by atoms with van der Waals surface area (Å²) >= 11 is 1.62. The number of H-pyrrole nitrogens is 1. The van der Waals surface area contributed by atoms with Crippen LogP contribution in [0, 0.1) is 0 Å². The van der Waals surface area contributed by atoms with Gasteiger partial charge in [-0.25, -0.2) is 9.97 Å². The van der Waals surface area contributed by atoms with Crippen molar-refractivity contribution in [3.63, 3.8) is 0 Å². The fourth-order valence-corrected chi connectivity index (χ4v) is 2.42. The average molecular weight is 245 g/mol. The van der Waals surface area contributed by atoms with Gasteiger partial charge in [0.2, 0.25) is 0 Å². The van der Waals surface area contributed by atoms with Gasteiger partial charge in [0.1, 0.15) is 17.0 Å². The molecule has 0 radical (unpaired) electrons. The van der Waals surface area contributed by atoms with Crippen molar-refractivity contribution in [3.8, 4) is 0 Å². The van der Waals surface area contributed by atoms with Gasteiger partial charge in [-0.3, -0.25) is 5.10 Å². The summed E-state index contributed by atoms with van der Waals surface area (Å²) in [6.07, 6.45) is 5.27. The molecule has 0 aliphatic carbocycles. The lowest BCUT2D eigenvalue weighted by molar-refractivity contribution is 0.877. The number of thiophene rings is 1. The summed E-state index contributed by atoms with van der Waals surface area (Å²) in [6.45, 7) is 2.07. The molecule has 0 saturated carbocycles. The smallest absolute Gasteiger partial charge is 0.138 e. The van der Waals surface area contributed by atoms with Crippen molar-refractivity contribution in [1.82, 2.24) is 20.2 Å². The monoisotopic (exact) mass is 245 g/mol. The van der Waals surface area contributed by atoms with Gasteiger partial charge in [-0.15, -0.1) is 11.3 Å². The maximum Gasteiger partial charge on any atom is 0.138 e. The molecule has 0 aliphatic rings. The van der Waals surface area contributed by atoms with Crippen LogP contribution in [0.3, 0.4) is 0 Å². The standard InChI is InChI=1S/C11H11N5S/c1-7(8-4-14-15-5-8)16-10-9-2-3-17-11(9)13-6-12-10/h2-7H,1H3,(H,14,15)(H,12,13,16). The highest BCUT2D eigenvalue weighted by Crippen LogP contribution is 2.26. The number of hydrogen-bond acceptors (Lipinski definition) is 5. The minimum absolute atomic E-state index is 0.159. The predicted molar refractivity (Wildman–Crippen MR) is 68.0 cm³/mol. The van der Waals surface area contributed by atoms with Crippen LogP contribution in [-0.2, 0) is 0 Å². The fraction of sp³-hybridized carbons (Fsp3) is 0.182. The Kier molecular flexibility index (Phi) is 2.49. The number of nitrogens with zero attached hydrogens (tertiary/aromatic N) is 3. The van der Waals surface area contributed by atoms with Crippen molar-refractivity contribution in [2.45, 2.75) is 13.0 Å². The van der Waals surface area contributed by atoms with Crippen molar-refractivity contribution < 1.29 is 0 Å². The Morgan fingerprint density at radius 1 is 1.41 bits per heavy atom. The van der Waals surface area contributed by atoms with Crippen molar-refractivity contribution >= 4 is 27.4 Å². The normalized spacial score (nSPS) is 12.8. The Labute approximate surface area is 102 Å². The summed E-state index contributed by atoms with van der Waals surface area (Å²) in [7, 11) is 0. The van der Waals surface area contributed by atoms with Crippen LogP contribution >= 0.6 is 11.3 Å². The molecule has 0 aromatic carbocycles. The summed E-state index contributed by atoms with van der Waals surface area (Å²) in [5, 5.41) is 13.2. The quantitative estimate of drug-likeness (QED) is 0.744. The summed E-state index contributed by atoms with van der Waals surface area (Å²) < 4.78 is 0. The first-order chi connectivity index (χ1) is 8.34. The first-order valence-corrected chi connectivity index (χ1v) is 6.16. The molecule has 0 spiro atoms. The topological polar surface area (TPSA) is 66.5 Å². The van der Waals surface area contributed by atoms with Crippen LogP contribution in [0.1, 0.15) is 18.5 Å². The zero-order chi connectivity index (χ0) is 11.7. The zero-order valence-corrected chi connectivity index (χ0v) is 10.0. The van der Waals surface area contributed by atoms with E-state index in [4.69, 9.17) is 0 Å². The maximum absolute atomic E-state index is 4.28. The van der Waals surface area contributed by atoms with Gasteiger partial charge in [0.15, 0.2) is 0 Å². The molecule has 1 unspecified atom stereocenters. The highest BCUT2D eigenvalue weighted by molar-refractivity contribution is 7.16. The molecule has 17 heavy (non-hydrogen) atoms. The lowest BCUT2D eigenvalue weighted by atomic mass is 10.2. The van der Waals surface area contributed by atoms with Crippen molar-refractivity contribution in [1.29, 1.82) is 0 Å². The summed E-state index contributed by atoms with van der Waals surface area (Å²) in [5.74, 6) is 0.866. The van der Waals surface area contributed by atoms with E-state index in [0.717, 1.165) is 21.6 Å². The summed E-state index contributed by atoms with van der Waals surface area (Å²) in [5.41, 5.74) is 1.10. The van der Waals surface area contributed by atoms with Crippen LogP contribution in [0.15, 0.2) is 30.2 Å². The number of anilines is 1. The Balaban J connectivity index is 1.92. The van der Waals surface area contributed by atoms with Gasteiger partial charge < -0.3 is 5.32 Å². The van der Waals surface area contributed by atoms with Gasteiger partial charge in [-0.05, 0) is 18.4 Å². The molecule has 0 aliphatic heterocycles. The molecule has 5 nitrogen and oxygen atoms in total. The Morgan fingerprint density at radius 2 is 2.35 bits per heavy atom. The number of fused-ring (bicyclic) bond motifs is 1. The largest absolute Gasteiger partial charge is 0.363 e. The van der Waals surface area contributed by atoms with Crippen LogP contribution < -0.4 is 5.32 Å². The second kappa shape index (κ2) is 4.14. The molecule has 86 valence electrons. The molecular weight excluding hydrogens is 234 g/mol. The number of hydrogen-bond donors (Lipinski definition) is 2. The number of aromatic amines is 1. The van der Waals surface area contributed by atoms with E-state index in [0.29, 0.717) is 0 Å². The second-order valence-corrected chi connectivity index (χ2v) is 4.65. The van der Waals surface area contributed by atoms with Crippen LogP contribution in [0.2, 0.25) is 0 Å². The van der Waals surface area contributed by atoms with Crippen LogP contribution in [0.4, 0.5) is 5.82 Å². The van der Waals surface area contributed by atoms with E-state index in [1.807, 2.05) is 23.8 Å². The molecule has 0 bridgehead atoms. The molecule has 3 aromatic rings. The van der Waals surface area contributed by atoms with Crippen LogP contribution in [0.5, 0.6) is 0 Å².